The molecule has 0 aliphatic heterocycles. The number of anilines is 1. The van der Waals surface area contributed by atoms with E-state index in [1.54, 1.807) is 6.20 Å². The maximum atomic E-state index is 4.79. The Kier molecular flexibility index (Phi) is 3.69. The zero-order chi connectivity index (χ0) is 15.6. The van der Waals surface area contributed by atoms with Crippen LogP contribution in [0.25, 0.3) is 22.4 Å². The second kappa shape index (κ2) is 5.99. The van der Waals surface area contributed by atoms with E-state index in [-0.39, 0.29) is 0 Å². The van der Waals surface area contributed by atoms with E-state index in [0.29, 0.717) is 6.04 Å². The van der Waals surface area contributed by atoms with Crippen molar-refractivity contribution < 1.29 is 0 Å². The zero-order valence-corrected chi connectivity index (χ0v) is 13.3. The predicted molar refractivity (Wildman–Crippen MR) is 92.4 cm³/mol. The van der Waals surface area contributed by atoms with Gasteiger partial charge in [-0.1, -0.05) is 25.3 Å². The van der Waals surface area contributed by atoms with E-state index in [2.05, 4.69) is 26.3 Å². The van der Waals surface area contributed by atoms with E-state index < -0.39 is 0 Å². The molecule has 0 bridgehead atoms. The molecule has 118 valence electrons. The number of H-pyrrole nitrogens is 1. The molecule has 3 aromatic heterocycles. The molecule has 5 heteroatoms. The van der Waals surface area contributed by atoms with Gasteiger partial charge in [0.15, 0.2) is 5.65 Å². The lowest BCUT2D eigenvalue weighted by atomic mass is 9.95. The minimum Gasteiger partial charge on any atom is -0.367 e. The van der Waals surface area contributed by atoms with Gasteiger partial charge in [-0.25, -0.2) is 15.0 Å². The number of hydrogen-bond donors (Lipinski definition) is 2. The molecule has 0 unspecified atom stereocenters. The lowest BCUT2D eigenvalue weighted by Gasteiger charge is -2.23. The molecule has 4 rings (SSSR count). The fourth-order valence-electron chi connectivity index (χ4n) is 3.30. The van der Waals surface area contributed by atoms with Crippen LogP contribution in [0.5, 0.6) is 0 Å². The lowest BCUT2D eigenvalue weighted by molar-refractivity contribution is 0.462. The van der Waals surface area contributed by atoms with Gasteiger partial charge in [0.1, 0.15) is 11.3 Å². The molecule has 3 heterocycles. The van der Waals surface area contributed by atoms with E-state index in [1.165, 1.54) is 32.1 Å². The van der Waals surface area contributed by atoms with Crippen molar-refractivity contribution in [3.05, 3.63) is 36.3 Å². The third-order valence-electron chi connectivity index (χ3n) is 4.48. The molecule has 0 saturated heterocycles. The standard InChI is InChI=1S/C18H21N5/c1-12-10-19-18-17(21-12)14(11-20-18)15-8-5-9-16(23-15)22-13-6-3-2-4-7-13/h5,8-11,13H,2-4,6-7H2,1H3,(H,19,20)(H,22,23). The SMILES string of the molecule is Cc1cnc2[nH]cc(-c3cccc(NC4CCCCC4)n3)c2n1. The van der Waals surface area contributed by atoms with Gasteiger partial charge in [0.25, 0.3) is 0 Å². The molecule has 1 aliphatic rings. The van der Waals surface area contributed by atoms with Crippen LogP contribution >= 0.6 is 0 Å². The van der Waals surface area contributed by atoms with E-state index in [1.807, 2.05) is 25.3 Å². The van der Waals surface area contributed by atoms with Crippen molar-refractivity contribution >= 4 is 17.0 Å². The van der Waals surface area contributed by atoms with Gasteiger partial charge in [-0.15, -0.1) is 0 Å². The highest BCUT2D eigenvalue weighted by Gasteiger charge is 2.15. The molecule has 1 saturated carbocycles. The van der Waals surface area contributed by atoms with Crippen molar-refractivity contribution in [2.24, 2.45) is 0 Å². The molecule has 0 amide bonds. The largest absolute Gasteiger partial charge is 0.367 e. The van der Waals surface area contributed by atoms with Crippen molar-refractivity contribution in [3.63, 3.8) is 0 Å². The summed E-state index contributed by atoms with van der Waals surface area (Å²) in [5, 5.41) is 3.59. The van der Waals surface area contributed by atoms with Gasteiger partial charge in [0, 0.05) is 17.8 Å². The van der Waals surface area contributed by atoms with Crippen LogP contribution in [0.15, 0.2) is 30.6 Å². The molecule has 1 fully saturated rings. The number of aryl methyl sites for hydroxylation is 1. The summed E-state index contributed by atoms with van der Waals surface area (Å²) in [6.45, 7) is 1.96. The Morgan fingerprint density at radius 1 is 1.13 bits per heavy atom. The highest BCUT2D eigenvalue weighted by Crippen LogP contribution is 2.27. The molecule has 3 aromatic rings. The second-order valence-electron chi connectivity index (χ2n) is 6.30. The molecule has 0 radical (unpaired) electrons. The van der Waals surface area contributed by atoms with E-state index in [4.69, 9.17) is 4.98 Å². The van der Waals surface area contributed by atoms with Crippen molar-refractivity contribution in [2.75, 3.05) is 5.32 Å². The van der Waals surface area contributed by atoms with Crippen LogP contribution in [0.3, 0.4) is 0 Å². The monoisotopic (exact) mass is 307 g/mol. The van der Waals surface area contributed by atoms with Crippen LogP contribution in [0.2, 0.25) is 0 Å². The summed E-state index contributed by atoms with van der Waals surface area (Å²) in [4.78, 5) is 17.0. The molecular formula is C18H21N5. The number of nitrogens with zero attached hydrogens (tertiary/aromatic N) is 3. The summed E-state index contributed by atoms with van der Waals surface area (Å²) in [7, 11) is 0. The van der Waals surface area contributed by atoms with Gasteiger partial charge < -0.3 is 10.3 Å². The van der Waals surface area contributed by atoms with Crippen LogP contribution in [-0.4, -0.2) is 26.0 Å². The van der Waals surface area contributed by atoms with Gasteiger partial charge >= 0.3 is 0 Å². The third-order valence-corrected chi connectivity index (χ3v) is 4.48. The van der Waals surface area contributed by atoms with E-state index >= 15 is 0 Å². The topological polar surface area (TPSA) is 66.5 Å². The molecule has 0 aromatic carbocycles. The average molecular weight is 307 g/mol. The summed E-state index contributed by atoms with van der Waals surface area (Å²) in [5.41, 5.74) is 4.53. The zero-order valence-electron chi connectivity index (χ0n) is 13.3. The fraction of sp³-hybridized carbons (Fsp3) is 0.389. The second-order valence-corrected chi connectivity index (χ2v) is 6.30. The van der Waals surface area contributed by atoms with E-state index in [9.17, 15) is 0 Å². The van der Waals surface area contributed by atoms with Crippen molar-refractivity contribution in [2.45, 2.75) is 45.1 Å². The summed E-state index contributed by atoms with van der Waals surface area (Å²) in [6, 6.07) is 6.68. The number of fused-ring (bicyclic) bond motifs is 1. The van der Waals surface area contributed by atoms with Crippen LogP contribution in [0, 0.1) is 6.92 Å². The van der Waals surface area contributed by atoms with Crippen molar-refractivity contribution in [3.8, 4) is 11.3 Å². The third kappa shape index (κ3) is 2.91. The number of aromatic amines is 1. The molecule has 0 atom stereocenters. The van der Waals surface area contributed by atoms with Crippen LogP contribution in [0.4, 0.5) is 5.82 Å². The Morgan fingerprint density at radius 3 is 2.87 bits per heavy atom. The van der Waals surface area contributed by atoms with Gasteiger partial charge in [0.05, 0.1) is 17.6 Å². The molecule has 0 spiro atoms. The number of hydrogen-bond acceptors (Lipinski definition) is 4. The maximum Gasteiger partial charge on any atom is 0.156 e. The Bertz CT molecular complexity index is 817. The predicted octanol–water partition coefficient (Wildman–Crippen LogP) is 4.07. The van der Waals surface area contributed by atoms with Gasteiger partial charge in [-0.05, 0) is 31.9 Å². The first-order chi connectivity index (χ1) is 11.3. The Balaban J connectivity index is 1.65. The number of rotatable bonds is 3. The van der Waals surface area contributed by atoms with Crippen molar-refractivity contribution in [1.29, 1.82) is 0 Å². The Morgan fingerprint density at radius 2 is 2.00 bits per heavy atom. The number of pyridine rings is 1. The summed E-state index contributed by atoms with van der Waals surface area (Å²) in [6.07, 6.45) is 10.2. The highest BCUT2D eigenvalue weighted by atomic mass is 15.0. The van der Waals surface area contributed by atoms with E-state index in [0.717, 1.165) is 33.9 Å². The Hall–Kier alpha value is -2.43. The highest BCUT2D eigenvalue weighted by molar-refractivity contribution is 5.89. The molecular weight excluding hydrogens is 286 g/mol. The van der Waals surface area contributed by atoms with Gasteiger partial charge in [0.2, 0.25) is 0 Å². The maximum absolute atomic E-state index is 4.79. The Labute approximate surface area is 135 Å². The minimum absolute atomic E-state index is 0.552. The smallest absolute Gasteiger partial charge is 0.156 e. The fourth-order valence-corrected chi connectivity index (χ4v) is 3.30. The first-order valence-corrected chi connectivity index (χ1v) is 8.34. The first kappa shape index (κ1) is 14.2. The number of aromatic nitrogens is 4. The summed E-state index contributed by atoms with van der Waals surface area (Å²) >= 11 is 0. The minimum atomic E-state index is 0.552. The molecule has 1 aliphatic carbocycles. The summed E-state index contributed by atoms with van der Waals surface area (Å²) in [5.74, 6) is 0.948. The van der Waals surface area contributed by atoms with Crippen molar-refractivity contribution in [1.82, 2.24) is 19.9 Å². The number of nitrogens with one attached hydrogen (secondary N) is 2. The quantitative estimate of drug-likeness (QED) is 0.765. The summed E-state index contributed by atoms with van der Waals surface area (Å²) < 4.78 is 0. The molecule has 23 heavy (non-hydrogen) atoms. The van der Waals surface area contributed by atoms with Gasteiger partial charge in [-0.3, -0.25) is 0 Å². The average Bonchev–Trinajstić information content (AvgIpc) is 2.99. The van der Waals surface area contributed by atoms with Crippen LogP contribution in [0.1, 0.15) is 37.8 Å². The normalized spacial score (nSPS) is 15.9. The first-order valence-electron chi connectivity index (χ1n) is 8.34. The van der Waals surface area contributed by atoms with Crippen LogP contribution < -0.4 is 5.32 Å². The van der Waals surface area contributed by atoms with Crippen LogP contribution in [-0.2, 0) is 0 Å². The molecule has 2 N–H and O–H groups in total. The lowest BCUT2D eigenvalue weighted by Crippen LogP contribution is -2.22. The van der Waals surface area contributed by atoms with Gasteiger partial charge in [-0.2, -0.15) is 0 Å². The molecule has 5 nitrogen and oxygen atoms in total.